The number of ether oxygens (including phenoxy) is 2. The first-order valence-electron chi connectivity index (χ1n) is 5.41. The van der Waals surface area contributed by atoms with E-state index in [1.165, 1.54) is 7.11 Å². The number of methoxy groups -OCH3 is 1. The summed E-state index contributed by atoms with van der Waals surface area (Å²) in [6.07, 6.45) is 1.22. The third-order valence-corrected chi connectivity index (χ3v) is 2.06. The van der Waals surface area contributed by atoms with Crippen LogP contribution in [0.25, 0.3) is 0 Å². The summed E-state index contributed by atoms with van der Waals surface area (Å²) in [5.74, 6) is 0.504. The third-order valence-electron chi connectivity index (χ3n) is 2.06. The molecule has 0 aliphatic carbocycles. The van der Waals surface area contributed by atoms with E-state index in [-0.39, 0.29) is 12.1 Å². The van der Waals surface area contributed by atoms with Crippen LogP contribution in [0, 0.1) is 6.92 Å². The second-order valence-electron chi connectivity index (χ2n) is 3.40. The Labute approximate surface area is 106 Å². The molecule has 0 saturated carbocycles. The number of carbonyl (C=O) groups excluding carboxylic acids is 3. The fraction of sp³-hybridized carbons (Fsp3) is 0.385. The standard InChI is InChI=1S/C12H16O3.CO2/c1-4-7-15-11-6-5-10(8-9(11)2)12(13)14-3;2-1-3/h5-6,8H,4,7H2,1-3H3;. The number of hydrogen-bond acceptors (Lipinski definition) is 5. The van der Waals surface area contributed by atoms with Crippen LogP contribution < -0.4 is 4.74 Å². The lowest BCUT2D eigenvalue weighted by molar-refractivity contribution is -0.191. The molecular weight excluding hydrogens is 236 g/mol. The summed E-state index contributed by atoms with van der Waals surface area (Å²) in [5.41, 5.74) is 1.50. The molecular formula is C13H16O5. The Morgan fingerprint density at radius 2 is 1.94 bits per heavy atom. The Morgan fingerprint density at radius 1 is 1.33 bits per heavy atom. The fourth-order valence-corrected chi connectivity index (χ4v) is 1.27. The molecule has 0 amide bonds. The first-order chi connectivity index (χ1) is 8.60. The summed E-state index contributed by atoms with van der Waals surface area (Å²) < 4.78 is 10.1. The zero-order valence-corrected chi connectivity index (χ0v) is 10.7. The minimum Gasteiger partial charge on any atom is -0.493 e. The summed E-state index contributed by atoms with van der Waals surface area (Å²) in [5, 5.41) is 0. The second kappa shape index (κ2) is 8.96. The highest BCUT2D eigenvalue weighted by atomic mass is 16.5. The number of benzene rings is 1. The molecule has 0 unspecified atom stereocenters. The molecule has 0 saturated heterocycles. The van der Waals surface area contributed by atoms with E-state index in [9.17, 15) is 4.79 Å². The summed E-state index contributed by atoms with van der Waals surface area (Å²) in [7, 11) is 1.37. The van der Waals surface area contributed by atoms with E-state index in [1.807, 2.05) is 6.92 Å². The monoisotopic (exact) mass is 252 g/mol. The highest BCUT2D eigenvalue weighted by Gasteiger charge is 2.07. The van der Waals surface area contributed by atoms with Gasteiger partial charge in [-0.05, 0) is 37.1 Å². The van der Waals surface area contributed by atoms with Gasteiger partial charge in [-0.1, -0.05) is 6.92 Å². The number of esters is 1. The van der Waals surface area contributed by atoms with E-state index < -0.39 is 0 Å². The van der Waals surface area contributed by atoms with Gasteiger partial charge in [0.15, 0.2) is 0 Å². The fourth-order valence-electron chi connectivity index (χ4n) is 1.27. The summed E-state index contributed by atoms with van der Waals surface area (Å²) in [6, 6.07) is 5.29. The highest BCUT2D eigenvalue weighted by Crippen LogP contribution is 2.19. The van der Waals surface area contributed by atoms with E-state index in [0.717, 1.165) is 17.7 Å². The van der Waals surface area contributed by atoms with Crippen molar-refractivity contribution in [3.63, 3.8) is 0 Å². The van der Waals surface area contributed by atoms with Crippen molar-refractivity contribution in [1.29, 1.82) is 0 Å². The Balaban J connectivity index is 0.000000873. The molecule has 98 valence electrons. The van der Waals surface area contributed by atoms with Crippen LogP contribution in [-0.2, 0) is 14.3 Å². The van der Waals surface area contributed by atoms with Crippen LogP contribution in [-0.4, -0.2) is 25.8 Å². The maximum absolute atomic E-state index is 11.2. The van der Waals surface area contributed by atoms with E-state index in [2.05, 4.69) is 11.7 Å². The summed E-state index contributed by atoms with van der Waals surface area (Å²) in [6.45, 7) is 4.66. The normalized spacial score (nSPS) is 8.61. The maximum Gasteiger partial charge on any atom is 0.373 e. The van der Waals surface area contributed by atoms with Gasteiger partial charge in [0.2, 0.25) is 0 Å². The molecule has 1 aromatic rings. The molecule has 0 bridgehead atoms. The van der Waals surface area contributed by atoms with Gasteiger partial charge in [0.05, 0.1) is 19.3 Å². The number of aryl methyl sites for hydroxylation is 1. The molecule has 0 spiro atoms. The third kappa shape index (κ3) is 5.27. The molecule has 0 radical (unpaired) electrons. The van der Waals surface area contributed by atoms with Crippen LogP contribution in [0.3, 0.4) is 0 Å². The first kappa shape index (κ1) is 15.9. The Morgan fingerprint density at radius 3 is 2.39 bits per heavy atom. The van der Waals surface area contributed by atoms with Crippen LogP contribution in [0.2, 0.25) is 0 Å². The summed E-state index contributed by atoms with van der Waals surface area (Å²) >= 11 is 0. The molecule has 0 fully saturated rings. The van der Waals surface area contributed by atoms with Crippen molar-refractivity contribution in [3.8, 4) is 5.75 Å². The van der Waals surface area contributed by atoms with Gasteiger partial charge in [0, 0.05) is 0 Å². The molecule has 18 heavy (non-hydrogen) atoms. The smallest absolute Gasteiger partial charge is 0.373 e. The predicted molar refractivity (Wildman–Crippen MR) is 63.3 cm³/mol. The van der Waals surface area contributed by atoms with E-state index in [1.54, 1.807) is 18.2 Å². The van der Waals surface area contributed by atoms with Gasteiger partial charge in [0.1, 0.15) is 5.75 Å². The highest BCUT2D eigenvalue weighted by molar-refractivity contribution is 5.89. The number of rotatable bonds is 4. The van der Waals surface area contributed by atoms with Crippen molar-refractivity contribution < 1.29 is 23.9 Å². The van der Waals surface area contributed by atoms with Crippen LogP contribution in [0.4, 0.5) is 0 Å². The van der Waals surface area contributed by atoms with Gasteiger partial charge < -0.3 is 9.47 Å². The van der Waals surface area contributed by atoms with Crippen molar-refractivity contribution in [3.05, 3.63) is 29.3 Å². The molecule has 1 rings (SSSR count). The SMILES string of the molecule is CCCOc1ccc(C(=O)OC)cc1C.O=C=O. The lowest BCUT2D eigenvalue weighted by Gasteiger charge is -2.08. The van der Waals surface area contributed by atoms with Gasteiger partial charge in [0.25, 0.3) is 0 Å². The van der Waals surface area contributed by atoms with Crippen LogP contribution in [0.5, 0.6) is 5.75 Å². The van der Waals surface area contributed by atoms with Crippen molar-refractivity contribution >= 4 is 12.1 Å². The number of hydrogen-bond donors (Lipinski definition) is 0. The van der Waals surface area contributed by atoms with Crippen LogP contribution in [0.15, 0.2) is 18.2 Å². The average molecular weight is 252 g/mol. The largest absolute Gasteiger partial charge is 0.493 e. The van der Waals surface area contributed by atoms with Crippen molar-refractivity contribution in [2.45, 2.75) is 20.3 Å². The van der Waals surface area contributed by atoms with Gasteiger partial charge in [-0.25, -0.2) is 4.79 Å². The van der Waals surface area contributed by atoms with Crippen molar-refractivity contribution in [1.82, 2.24) is 0 Å². The predicted octanol–water partition coefficient (Wildman–Crippen LogP) is 1.99. The van der Waals surface area contributed by atoms with Gasteiger partial charge in [-0.3, -0.25) is 0 Å². The minimum atomic E-state index is -0.319. The topological polar surface area (TPSA) is 69.7 Å². The molecule has 5 nitrogen and oxygen atoms in total. The summed E-state index contributed by atoms with van der Waals surface area (Å²) in [4.78, 5) is 27.5. The first-order valence-corrected chi connectivity index (χ1v) is 5.41. The zero-order chi connectivity index (χ0) is 14.0. The lowest BCUT2D eigenvalue weighted by atomic mass is 10.1. The van der Waals surface area contributed by atoms with Gasteiger partial charge >= 0.3 is 12.1 Å². The van der Waals surface area contributed by atoms with Crippen LogP contribution in [0.1, 0.15) is 29.3 Å². The zero-order valence-electron chi connectivity index (χ0n) is 10.7. The van der Waals surface area contributed by atoms with Gasteiger partial charge in [-0.2, -0.15) is 9.59 Å². The van der Waals surface area contributed by atoms with E-state index in [0.29, 0.717) is 12.2 Å². The van der Waals surface area contributed by atoms with Gasteiger partial charge in [-0.15, -0.1) is 0 Å². The van der Waals surface area contributed by atoms with E-state index in [4.69, 9.17) is 14.3 Å². The molecule has 0 aliphatic heterocycles. The van der Waals surface area contributed by atoms with Crippen molar-refractivity contribution in [2.24, 2.45) is 0 Å². The molecule has 1 aromatic carbocycles. The molecule has 5 heteroatoms. The average Bonchev–Trinajstić information content (AvgIpc) is 2.37. The minimum absolute atomic E-state index is 0.250. The molecule has 0 aromatic heterocycles. The quantitative estimate of drug-likeness (QED) is 0.766. The Bertz CT molecular complexity index is 419. The Hall–Kier alpha value is -2.13. The molecule has 0 aliphatic rings. The molecule has 0 heterocycles. The molecule has 0 atom stereocenters. The van der Waals surface area contributed by atoms with E-state index >= 15 is 0 Å². The van der Waals surface area contributed by atoms with Crippen LogP contribution >= 0.6 is 0 Å². The maximum atomic E-state index is 11.2. The second-order valence-corrected chi connectivity index (χ2v) is 3.40. The lowest BCUT2D eigenvalue weighted by Crippen LogP contribution is -2.03. The van der Waals surface area contributed by atoms with Crippen molar-refractivity contribution in [2.75, 3.05) is 13.7 Å². The molecule has 0 N–H and O–H groups in total. The number of carbonyl (C=O) groups is 1. The Kier molecular flexibility index (Phi) is 7.90.